The molecule has 0 aliphatic heterocycles. The minimum Gasteiger partial charge on any atom is -0.393 e. The number of nitrogens with one attached hydrogen (secondary N) is 1. The topological polar surface area (TPSA) is 62.2 Å². The summed E-state index contributed by atoms with van der Waals surface area (Å²) in [6.45, 7) is 8.27. The van der Waals surface area contributed by atoms with E-state index in [1.54, 1.807) is 0 Å². The maximum Gasteiger partial charge on any atom is 0.232 e. The van der Waals surface area contributed by atoms with Crippen molar-refractivity contribution in [1.29, 1.82) is 0 Å². The number of carbonyl (C=O) groups excluding carboxylic acids is 1. The van der Waals surface area contributed by atoms with Crippen LogP contribution >= 0.6 is 0 Å². The standard InChI is InChI=1S/C17H24N2O2/c1-11-6-5-7-13(18-11)19-14(21)17-9-8-16(4,12(20)10-17)15(17,2)3/h5-7,12,20H,8-10H2,1-4H3,(H,18,19,21). The molecule has 3 unspecified atom stereocenters. The van der Waals surface area contributed by atoms with Gasteiger partial charge in [0.15, 0.2) is 0 Å². The second-order valence-corrected chi connectivity index (χ2v) is 7.46. The summed E-state index contributed by atoms with van der Waals surface area (Å²) in [6.07, 6.45) is 1.88. The predicted molar refractivity (Wildman–Crippen MR) is 81.8 cm³/mol. The van der Waals surface area contributed by atoms with Gasteiger partial charge in [-0.25, -0.2) is 4.98 Å². The van der Waals surface area contributed by atoms with Crippen LogP contribution in [0.2, 0.25) is 0 Å². The molecule has 21 heavy (non-hydrogen) atoms. The van der Waals surface area contributed by atoms with Crippen molar-refractivity contribution in [2.75, 3.05) is 5.32 Å². The van der Waals surface area contributed by atoms with Gasteiger partial charge in [-0.15, -0.1) is 0 Å². The number of aromatic nitrogens is 1. The molecule has 3 rings (SSSR count). The van der Waals surface area contributed by atoms with E-state index in [9.17, 15) is 9.90 Å². The van der Waals surface area contributed by atoms with Gasteiger partial charge in [0.1, 0.15) is 5.82 Å². The number of anilines is 1. The zero-order chi connectivity index (χ0) is 15.5. The van der Waals surface area contributed by atoms with E-state index in [1.807, 2.05) is 25.1 Å². The van der Waals surface area contributed by atoms with Crippen molar-refractivity contribution >= 4 is 11.7 Å². The highest BCUT2D eigenvalue weighted by Gasteiger charge is 2.72. The number of amides is 1. The first kappa shape index (κ1) is 14.5. The molecule has 1 aromatic rings. The van der Waals surface area contributed by atoms with Crippen LogP contribution in [0.4, 0.5) is 5.82 Å². The lowest BCUT2D eigenvalue weighted by atomic mass is 9.64. The SMILES string of the molecule is Cc1cccc(NC(=O)C23CCC(C)(C(O)C2)C3(C)C)n1. The molecule has 0 saturated heterocycles. The number of fused-ring (bicyclic) bond motifs is 2. The summed E-state index contributed by atoms with van der Waals surface area (Å²) < 4.78 is 0. The first-order valence-corrected chi connectivity index (χ1v) is 7.66. The Hall–Kier alpha value is -1.42. The van der Waals surface area contributed by atoms with E-state index in [1.165, 1.54) is 0 Å². The molecule has 2 aliphatic rings. The maximum absolute atomic E-state index is 12.9. The number of rotatable bonds is 2. The zero-order valence-electron chi connectivity index (χ0n) is 13.2. The van der Waals surface area contributed by atoms with E-state index in [2.05, 4.69) is 31.1 Å². The molecule has 1 heterocycles. The fourth-order valence-electron chi connectivity index (χ4n) is 4.48. The highest BCUT2D eigenvalue weighted by atomic mass is 16.3. The van der Waals surface area contributed by atoms with Crippen molar-refractivity contribution in [1.82, 2.24) is 4.98 Å². The van der Waals surface area contributed by atoms with Gasteiger partial charge in [-0.05, 0) is 49.1 Å². The third kappa shape index (κ3) is 1.71. The van der Waals surface area contributed by atoms with Crippen LogP contribution in [0.5, 0.6) is 0 Å². The van der Waals surface area contributed by atoms with Gasteiger partial charge < -0.3 is 10.4 Å². The molecule has 2 saturated carbocycles. The first-order chi connectivity index (χ1) is 9.73. The van der Waals surface area contributed by atoms with Gasteiger partial charge >= 0.3 is 0 Å². The van der Waals surface area contributed by atoms with Crippen LogP contribution in [-0.4, -0.2) is 22.1 Å². The number of aliphatic hydroxyl groups excluding tert-OH is 1. The summed E-state index contributed by atoms with van der Waals surface area (Å²) in [7, 11) is 0. The monoisotopic (exact) mass is 288 g/mol. The van der Waals surface area contributed by atoms with Gasteiger partial charge in [-0.2, -0.15) is 0 Å². The lowest BCUT2D eigenvalue weighted by Gasteiger charge is -2.40. The second-order valence-electron chi connectivity index (χ2n) is 7.46. The minimum absolute atomic E-state index is 0.00544. The Bertz CT molecular complexity index is 598. The molecular weight excluding hydrogens is 264 g/mol. The highest BCUT2D eigenvalue weighted by Crippen LogP contribution is 2.72. The van der Waals surface area contributed by atoms with Crippen LogP contribution in [0, 0.1) is 23.2 Å². The fourth-order valence-corrected chi connectivity index (χ4v) is 4.48. The van der Waals surface area contributed by atoms with Crippen molar-refractivity contribution in [3.8, 4) is 0 Å². The number of aliphatic hydroxyl groups is 1. The summed E-state index contributed by atoms with van der Waals surface area (Å²) in [5.74, 6) is 0.603. The Morgan fingerprint density at radius 1 is 1.33 bits per heavy atom. The Balaban J connectivity index is 1.91. The smallest absolute Gasteiger partial charge is 0.232 e. The molecule has 2 N–H and O–H groups in total. The second kappa shape index (κ2) is 4.29. The van der Waals surface area contributed by atoms with E-state index in [0.29, 0.717) is 12.2 Å². The Labute approximate surface area is 126 Å². The molecule has 2 fully saturated rings. The minimum atomic E-state index is -0.493. The fraction of sp³-hybridized carbons (Fsp3) is 0.647. The predicted octanol–water partition coefficient (Wildman–Crippen LogP) is 2.91. The van der Waals surface area contributed by atoms with Crippen LogP contribution < -0.4 is 5.32 Å². The number of aryl methyl sites for hydroxylation is 1. The summed E-state index contributed by atoms with van der Waals surface area (Å²) in [6, 6.07) is 5.61. The van der Waals surface area contributed by atoms with Crippen LogP contribution in [0.1, 0.15) is 45.7 Å². The average molecular weight is 288 g/mol. The molecule has 2 bridgehead atoms. The van der Waals surface area contributed by atoms with Gasteiger partial charge in [0.25, 0.3) is 0 Å². The van der Waals surface area contributed by atoms with Crippen molar-refractivity contribution in [3.05, 3.63) is 23.9 Å². The number of pyridine rings is 1. The Morgan fingerprint density at radius 3 is 2.57 bits per heavy atom. The van der Waals surface area contributed by atoms with Crippen LogP contribution in [0.3, 0.4) is 0 Å². The number of nitrogens with zero attached hydrogens (tertiary/aromatic N) is 1. The molecule has 1 amide bonds. The maximum atomic E-state index is 12.9. The molecule has 0 aromatic carbocycles. The first-order valence-electron chi connectivity index (χ1n) is 7.66. The lowest BCUT2D eigenvalue weighted by molar-refractivity contribution is -0.130. The summed E-state index contributed by atoms with van der Waals surface area (Å²) >= 11 is 0. The third-order valence-corrected chi connectivity index (χ3v) is 6.54. The van der Waals surface area contributed by atoms with Crippen LogP contribution in [0.15, 0.2) is 18.2 Å². The van der Waals surface area contributed by atoms with Crippen LogP contribution in [-0.2, 0) is 4.79 Å². The lowest BCUT2D eigenvalue weighted by Crippen LogP contribution is -2.43. The van der Waals surface area contributed by atoms with Gasteiger partial charge in [0.2, 0.25) is 5.91 Å². The number of carbonyl (C=O) groups is 1. The van der Waals surface area contributed by atoms with E-state index < -0.39 is 11.5 Å². The van der Waals surface area contributed by atoms with E-state index >= 15 is 0 Å². The van der Waals surface area contributed by atoms with Crippen LogP contribution in [0.25, 0.3) is 0 Å². The van der Waals surface area contributed by atoms with Gasteiger partial charge in [0, 0.05) is 5.69 Å². The van der Waals surface area contributed by atoms with E-state index in [0.717, 1.165) is 18.5 Å². The molecular formula is C17H24N2O2. The molecule has 4 nitrogen and oxygen atoms in total. The molecule has 0 spiro atoms. The Kier molecular flexibility index (Phi) is 2.97. The molecule has 114 valence electrons. The van der Waals surface area contributed by atoms with E-state index in [4.69, 9.17) is 0 Å². The number of hydrogen-bond acceptors (Lipinski definition) is 3. The normalized spacial score (nSPS) is 36.7. The van der Waals surface area contributed by atoms with Crippen molar-refractivity contribution in [3.63, 3.8) is 0 Å². The summed E-state index contributed by atoms with van der Waals surface area (Å²) in [5.41, 5.74) is -0.00289. The third-order valence-electron chi connectivity index (χ3n) is 6.54. The van der Waals surface area contributed by atoms with Gasteiger partial charge in [0.05, 0.1) is 11.5 Å². The average Bonchev–Trinajstić information content (AvgIpc) is 2.69. The summed E-state index contributed by atoms with van der Waals surface area (Å²) in [5, 5.41) is 13.4. The molecule has 1 aromatic heterocycles. The quantitative estimate of drug-likeness (QED) is 0.879. The Morgan fingerprint density at radius 2 is 2.05 bits per heavy atom. The van der Waals surface area contributed by atoms with E-state index in [-0.39, 0.29) is 16.7 Å². The van der Waals surface area contributed by atoms with Gasteiger partial charge in [-0.3, -0.25) is 4.79 Å². The van der Waals surface area contributed by atoms with Crippen molar-refractivity contribution < 1.29 is 9.90 Å². The van der Waals surface area contributed by atoms with Crippen molar-refractivity contribution in [2.45, 2.75) is 53.1 Å². The molecule has 0 radical (unpaired) electrons. The van der Waals surface area contributed by atoms with Gasteiger partial charge in [-0.1, -0.05) is 26.8 Å². The molecule has 3 atom stereocenters. The largest absolute Gasteiger partial charge is 0.393 e. The highest BCUT2D eigenvalue weighted by molar-refractivity contribution is 5.96. The zero-order valence-corrected chi connectivity index (χ0v) is 13.2. The molecule has 2 aliphatic carbocycles. The number of hydrogen-bond donors (Lipinski definition) is 2. The summed E-state index contributed by atoms with van der Waals surface area (Å²) in [4.78, 5) is 17.3. The van der Waals surface area contributed by atoms with Crippen molar-refractivity contribution in [2.24, 2.45) is 16.2 Å². The molecule has 4 heteroatoms.